The molecule has 1 unspecified atom stereocenters. The van der Waals surface area contributed by atoms with Gasteiger partial charge in [-0.05, 0) is 45.0 Å². The highest BCUT2D eigenvalue weighted by atomic mass is 19.1. The Morgan fingerprint density at radius 2 is 2.00 bits per heavy atom. The Balaban J connectivity index is 1.30. The Labute approximate surface area is 208 Å². The number of carbonyl (C=O) groups excluding carboxylic acids is 2. The molecule has 5 rings (SSSR count). The van der Waals surface area contributed by atoms with Crippen molar-refractivity contribution >= 4 is 17.9 Å². The number of anilines is 1. The van der Waals surface area contributed by atoms with Gasteiger partial charge in [-0.1, -0.05) is 6.07 Å². The smallest absolute Gasteiger partial charge is 0.414 e. The molecule has 0 spiro atoms. The van der Waals surface area contributed by atoms with Crippen molar-refractivity contribution in [3.8, 4) is 17.2 Å². The van der Waals surface area contributed by atoms with Crippen LogP contribution < -0.4 is 4.90 Å². The monoisotopic (exact) mass is 494 g/mol. The number of hydrogen-bond donors (Lipinski definition) is 1. The minimum absolute atomic E-state index is 0.0210. The number of hydrogen-bond acceptors (Lipinski definition) is 7. The lowest BCUT2D eigenvalue weighted by Crippen LogP contribution is -2.39. The number of pyridine rings is 1. The third kappa shape index (κ3) is 3.93. The molecule has 188 valence electrons. The van der Waals surface area contributed by atoms with Gasteiger partial charge in [0.1, 0.15) is 22.9 Å². The fourth-order valence-corrected chi connectivity index (χ4v) is 5.24. The van der Waals surface area contributed by atoms with Gasteiger partial charge in [0.2, 0.25) is 0 Å². The highest BCUT2D eigenvalue weighted by molar-refractivity contribution is 5.90. The van der Waals surface area contributed by atoms with Crippen molar-refractivity contribution in [1.82, 2.24) is 9.88 Å². The normalized spacial score (nSPS) is 26.9. The van der Waals surface area contributed by atoms with E-state index in [-0.39, 0.29) is 31.1 Å². The maximum absolute atomic E-state index is 15.0. The fraction of sp³-hybridized carbons (Fsp3) is 0.462. The number of rotatable bonds is 4. The standard InChI is InChI=1S/C26H27FN4O5/c1-25(2,3)36-23(33)30-11-19-20(12-30)26(19,14-28)22-7-4-15(9-29-22)18-6-5-16(8-21(18)27)31-10-17(13-32)35-24(31)34/h4-9,17,19-20,32H,10-13H2,1-3H3/t17-,19-,20+,26?/m1/s1. The van der Waals surface area contributed by atoms with Crippen LogP contribution in [0, 0.1) is 29.0 Å². The van der Waals surface area contributed by atoms with Gasteiger partial charge in [0, 0.05) is 42.2 Å². The van der Waals surface area contributed by atoms with Crippen molar-refractivity contribution in [2.75, 3.05) is 31.1 Å². The zero-order valence-electron chi connectivity index (χ0n) is 20.3. The molecule has 1 aromatic heterocycles. The van der Waals surface area contributed by atoms with Crippen LogP contribution in [0.1, 0.15) is 26.5 Å². The first-order valence-electron chi connectivity index (χ1n) is 11.8. The fourth-order valence-electron chi connectivity index (χ4n) is 5.24. The second-order valence-corrected chi connectivity index (χ2v) is 10.5. The highest BCUT2D eigenvalue weighted by Crippen LogP contribution is 2.62. The summed E-state index contributed by atoms with van der Waals surface area (Å²) in [6.07, 6.45) is -0.104. The zero-order valence-corrected chi connectivity index (χ0v) is 20.3. The molecule has 2 saturated heterocycles. The van der Waals surface area contributed by atoms with Crippen LogP contribution in [0.5, 0.6) is 0 Å². The SMILES string of the molecule is CC(C)(C)OC(=O)N1C[C@@H]2[C@H](C1)C2(C#N)c1ccc(-c2ccc(N3C[C@H](CO)OC3=O)cc2F)cn1. The largest absolute Gasteiger partial charge is 0.444 e. The van der Waals surface area contributed by atoms with Gasteiger partial charge < -0.3 is 19.5 Å². The number of fused-ring (bicyclic) bond motifs is 1. The molecule has 2 aliphatic heterocycles. The minimum atomic E-state index is -0.765. The predicted molar refractivity (Wildman–Crippen MR) is 126 cm³/mol. The molecule has 9 nitrogen and oxygen atoms in total. The molecule has 1 aromatic carbocycles. The van der Waals surface area contributed by atoms with E-state index in [2.05, 4.69) is 11.1 Å². The first-order valence-corrected chi connectivity index (χ1v) is 11.8. The van der Waals surface area contributed by atoms with E-state index < -0.39 is 29.0 Å². The van der Waals surface area contributed by atoms with Gasteiger partial charge in [0.25, 0.3) is 0 Å². The topological polar surface area (TPSA) is 116 Å². The molecule has 3 heterocycles. The third-order valence-electron chi connectivity index (χ3n) is 7.06. The van der Waals surface area contributed by atoms with Crippen molar-refractivity contribution in [2.45, 2.75) is 37.9 Å². The lowest BCUT2D eigenvalue weighted by Gasteiger charge is -2.27. The van der Waals surface area contributed by atoms with E-state index in [0.717, 1.165) is 0 Å². The van der Waals surface area contributed by atoms with Crippen molar-refractivity contribution in [3.63, 3.8) is 0 Å². The van der Waals surface area contributed by atoms with Crippen LogP contribution in [0.2, 0.25) is 0 Å². The molecule has 3 aliphatic rings. The second-order valence-electron chi connectivity index (χ2n) is 10.5. The lowest BCUT2D eigenvalue weighted by molar-refractivity contribution is 0.0265. The average molecular weight is 495 g/mol. The molecule has 2 amide bonds. The van der Waals surface area contributed by atoms with Gasteiger partial charge in [-0.3, -0.25) is 9.88 Å². The summed E-state index contributed by atoms with van der Waals surface area (Å²) in [7, 11) is 0. The van der Waals surface area contributed by atoms with Crippen molar-refractivity contribution in [2.24, 2.45) is 11.8 Å². The second kappa shape index (κ2) is 8.45. The number of benzene rings is 1. The summed E-state index contributed by atoms with van der Waals surface area (Å²) in [6.45, 7) is 6.16. The Morgan fingerprint density at radius 1 is 1.28 bits per heavy atom. The summed E-state index contributed by atoms with van der Waals surface area (Å²) < 4.78 is 25.4. The average Bonchev–Trinajstić information content (AvgIpc) is 3.13. The minimum Gasteiger partial charge on any atom is -0.444 e. The quantitative estimate of drug-likeness (QED) is 0.692. The number of cyclic esters (lactones) is 1. The predicted octanol–water partition coefficient (Wildman–Crippen LogP) is 3.46. The lowest BCUT2D eigenvalue weighted by atomic mass is 9.95. The number of ether oxygens (including phenoxy) is 2. The number of aliphatic hydroxyl groups is 1. The zero-order chi connectivity index (χ0) is 25.8. The van der Waals surface area contributed by atoms with E-state index in [0.29, 0.717) is 35.6 Å². The molecular formula is C26H27FN4O5. The molecule has 2 aromatic rings. The van der Waals surface area contributed by atoms with Crippen molar-refractivity contribution in [3.05, 3.63) is 48.0 Å². The first-order chi connectivity index (χ1) is 17.1. The van der Waals surface area contributed by atoms with Gasteiger partial charge in [0.15, 0.2) is 0 Å². The molecule has 0 bridgehead atoms. The number of aromatic nitrogens is 1. The molecular weight excluding hydrogens is 467 g/mol. The van der Waals surface area contributed by atoms with Gasteiger partial charge in [0.05, 0.1) is 30.6 Å². The van der Waals surface area contributed by atoms with Crippen LogP contribution >= 0.6 is 0 Å². The Hall–Kier alpha value is -3.71. The molecule has 4 atom stereocenters. The number of piperidine rings is 1. The summed E-state index contributed by atoms with van der Waals surface area (Å²) in [6, 6.07) is 10.3. The number of amides is 2. The number of nitriles is 1. The highest BCUT2D eigenvalue weighted by Gasteiger charge is 2.71. The summed E-state index contributed by atoms with van der Waals surface area (Å²) in [5.74, 6) is -0.576. The molecule has 1 saturated carbocycles. The van der Waals surface area contributed by atoms with Gasteiger partial charge in [-0.2, -0.15) is 5.26 Å². The first kappa shape index (κ1) is 24.0. The Kier molecular flexibility index (Phi) is 5.63. The number of aliphatic hydroxyl groups excluding tert-OH is 1. The molecule has 0 radical (unpaired) electrons. The summed E-state index contributed by atoms with van der Waals surface area (Å²) in [5.41, 5.74) is 0.445. The molecule has 1 aliphatic carbocycles. The van der Waals surface area contributed by atoms with E-state index in [1.807, 2.05) is 20.8 Å². The maximum Gasteiger partial charge on any atom is 0.414 e. The number of likely N-dealkylation sites (tertiary alicyclic amines) is 1. The summed E-state index contributed by atoms with van der Waals surface area (Å²) in [4.78, 5) is 31.8. The van der Waals surface area contributed by atoms with Crippen molar-refractivity contribution < 1.29 is 28.6 Å². The van der Waals surface area contributed by atoms with E-state index >= 15 is 0 Å². The number of halogens is 1. The van der Waals surface area contributed by atoms with E-state index in [1.54, 1.807) is 29.2 Å². The Morgan fingerprint density at radius 3 is 2.53 bits per heavy atom. The van der Waals surface area contributed by atoms with Crippen LogP contribution in [0.15, 0.2) is 36.5 Å². The maximum atomic E-state index is 15.0. The van der Waals surface area contributed by atoms with Crippen LogP contribution in [-0.2, 0) is 14.9 Å². The molecule has 3 fully saturated rings. The van der Waals surface area contributed by atoms with E-state index in [1.165, 1.54) is 17.2 Å². The van der Waals surface area contributed by atoms with E-state index in [4.69, 9.17) is 9.47 Å². The summed E-state index contributed by atoms with van der Waals surface area (Å²) in [5, 5.41) is 19.2. The Bertz CT molecular complexity index is 1240. The molecule has 36 heavy (non-hydrogen) atoms. The van der Waals surface area contributed by atoms with Crippen LogP contribution in [0.25, 0.3) is 11.1 Å². The van der Waals surface area contributed by atoms with Gasteiger partial charge in [-0.25, -0.2) is 14.0 Å². The van der Waals surface area contributed by atoms with Crippen LogP contribution in [0.3, 0.4) is 0 Å². The number of nitrogens with zero attached hydrogens (tertiary/aromatic N) is 4. The summed E-state index contributed by atoms with van der Waals surface area (Å²) >= 11 is 0. The van der Waals surface area contributed by atoms with Gasteiger partial charge >= 0.3 is 12.2 Å². The number of carbonyl (C=O) groups is 2. The van der Waals surface area contributed by atoms with Gasteiger partial charge in [-0.15, -0.1) is 0 Å². The van der Waals surface area contributed by atoms with Crippen molar-refractivity contribution in [1.29, 1.82) is 5.26 Å². The van der Waals surface area contributed by atoms with Crippen LogP contribution in [0.4, 0.5) is 19.7 Å². The molecule has 1 N–H and O–H groups in total. The molecule has 10 heteroatoms. The third-order valence-corrected chi connectivity index (χ3v) is 7.06. The van der Waals surface area contributed by atoms with Crippen LogP contribution in [-0.4, -0.2) is 65.1 Å². The van der Waals surface area contributed by atoms with E-state index in [9.17, 15) is 24.3 Å².